The van der Waals surface area contributed by atoms with Crippen LogP contribution < -0.4 is 0 Å². The number of carboxylic acid groups (broad SMARTS) is 1. The molecule has 1 saturated heterocycles. The third-order valence-corrected chi connectivity index (χ3v) is 5.52. The Morgan fingerprint density at radius 2 is 2.10 bits per heavy atom. The Hall–Kier alpha value is -1.12. The topological polar surface area (TPSA) is 103 Å². The standard InChI is InChI=1S/C11H17N3O4S.ClH/c1-7-10(8(2)13-12-7)19(17,18)14-5-3-4-9(6-14)11(15)16;/h9H,3-6H2,1-2H3,(H,12,13)(H,15,16);1H. The summed E-state index contributed by atoms with van der Waals surface area (Å²) in [6, 6.07) is 0. The first kappa shape index (κ1) is 16.9. The molecule has 0 spiro atoms. The van der Waals surface area contributed by atoms with Crippen LogP contribution in [0.25, 0.3) is 0 Å². The van der Waals surface area contributed by atoms with E-state index in [9.17, 15) is 13.2 Å². The summed E-state index contributed by atoms with van der Waals surface area (Å²) < 4.78 is 26.3. The minimum atomic E-state index is -3.67. The van der Waals surface area contributed by atoms with E-state index in [-0.39, 0.29) is 23.8 Å². The zero-order chi connectivity index (χ0) is 14.2. The van der Waals surface area contributed by atoms with Crippen molar-refractivity contribution in [2.24, 2.45) is 5.92 Å². The van der Waals surface area contributed by atoms with E-state index in [1.807, 2.05) is 0 Å². The summed E-state index contributed by atoms with van der Waals surface area (Å²) >= 11 is 0. The Balaban J connectivity index is 0.00000200. The highest BCUT2D eigenvalue weighted by Crippen LogP contribution is 2.26. The first-order chi connectivity index (χ1) is 8.84. The van der Waals surface area contributed by atoms with E-state index in [0.29, 0.717) is 30.8 Å². The SMILES string of the molecule is Cc1n[nH]c(C)c1S(=O)(=O)N1CCCC(C(=O)O)C1.Cl. The maximum atomic E-state index is 12.5. The lowest BCUT2D eigenvalue weighted by Gasteiger charge is -2.29. The molecule has 0 saturated carbocycles. The van der Waals surface area contributed by atoms with E-state index in [2.05, 4.69) is 10.2 Å². The van der Waals surface area contributed by atoms with Gasteiger partial charge in [0, 0.05) is 13.1 Å². The van der Waals surface area contributed by atoms with Gasteiger partial charge in [0.1, 0.15) is 4.90 Å². The van der Waals surface area contributed by atoms with Crippen LogP contribution in [0.4, 0.5) is 0 Å². The van der Waals surface area contributed by atoms with Crippen molar-refractivity contribution in [3.8, 4) is 0 Å². The van der Waals surface area contributed by atoms with E-state index in [1.54, 1.807) is 13.8 Å². The van der Waals surface area contributed by atoms with Crippen molar-refractivity contribution in [1.29, 1.82) is 0 Å². The van der Waals surface area contributed by atoms with Gasteiger partial charge in [-0.05, 0) is 26.7 Å². The van der Waals surface area contributed by atoms with Gasteiger partial charge in [0.2, 0.25) is 10.0 Å². The van der Waals surface area contributed by atoms with Gasteiger partial charge in [0.25, 0.3) is 0 Å². The monoisotopic (exact) mass is 323 g/mol. The highest BCUT2D eigenvalue weighted by molar-refractivity contribution is 7.89. The Morgan fingerprint density at radius 1 is 1.45 bits per heavy atom. The number of aryl methyl sites for hydroxylation is 2. The summed E-state index contributed by atoms with van der Waals surface area (Å²) in [5.74, 6) is -1.57. The van der Waals surface area contributed by atoms with E-state index < -0.39 is 21.9 Å². The lowest BCUT2D eigenvalue weighted by Crippen LogP contribution is -2.42. The van der Waals surface area contributed by atoms with E-state index in [4.69, 9.17) is 5.11 Å². The molecule has 0 aromatic carbocycles. The number of nitrogens with one attached hydrogen (secondary N) is 1. The van der Waals surface area contributed by atoms with Crippen molar-refractivity contribution >= 4 is 28.4 Å². The van der Waals surface area contributed by atoms with E-state index in [0.717, 1.165) is 0 Å². The molecule has 1 fully saturated rings. The number of nitrogens with zero attached hydrogens (tertiary/aromatic N) is 2. The molecule has 0 aliphatic carbocycles. The van der Waals surface area contributed by atoms with E-state index in [1.165, 1.54) is 4.31 Å². The summed E-state index contributed by atoms with van der Waals surface area (Å²) in [4.78, 5) is 11.2. The molecular formula is C11H18ClN3O4S. The lowest BCUT2D eigenvalue weighted by atomic mass is 10.0. The predicted octanol–water partition coefficient (Wildman–Crippen LogP) is 0.934. The van der Waals surface area contributed by atoms with Gasteiger partial charge in [-0.25, -0.2) is 8.42 Å². The van der Waals surface area contributed by atoms with Crippen molar-refractivity contribution in [3.63, 3.8) is 0 Å². The van der Waals surface area contributed by atoms with Crippen molar-refractivity contribution in [1.82, 2.24) is 14.5 Å². The summed E-state index contributed by atoms with van der Waals surface area (Å²) in [6.07, 6.45) is 1.08. The van der Waals surface area contributed by atoms with Crippen LogP contribution in [0.15, 0.2) is 4.90 Å². The Morgan fingerprint density at radius 3 is 2.60 bits per heavy atom. The number of carbonyl (C=O) groups is 1. The molecule has 2 rings (SSSR count). The average Bonchev–Trinajstić information content (AvgIpc) is 2.69. The second-order valence-electron chi connectivity index (χ2n) is 4.80. The van der Waals surface area contributed by atoms with Crippen LogP contribution in [0.2, 0.25) is 0 Å². The molecule has 0 bridgehead atoms. The zero-order valence-electron chi connectivity index (χ0n) is 11.3. The van der Waals surface area contributed by atoms with Crippen molar-refractivity contribution in [2.45, 2.75) is 31.6 Å². The second-order valence-corrected chi connectivity index (χ2v) is 6.68. The van der Waals surface area contributed by atoms with Crippen molar-refractivity contribution in [3.05, 3.63) is 11.4 Å². The fourth-order valence-corrected chi connectivity index (χ4v) is 4.27. The van der Waals surface area contributed by atoms with Crippen LogP contribution in [0.3, 0.4) is 0 Å². The van der Waals surface area contributed by atoms with Gasteiger partial charge >= 0.3 is 5.97 Å². The van der Waals surface area contributed by atoms with Gasteiger partial charge in [-0.3, -0.25) is 9.89 Å². The third-order valence-electron chi connectivity index (χ3n) is 3.39. The van der Waals surface area contributed by atoms with Crippen LogP contribution >= 0.6 is 12.4 Å². The van der Waals surface area contributed by atoms with Gasteiger partial charge in [-0.2, -0.15) is 9.40 Å². The molecule has 1 unspecified atom stereocenters. The molecule has 1 aromatic heterocycles. The first-order valence-corrected chi connectivity index (χ1v) is 7.52. The van der Waals surface area contributed by atoms with Gasteiger partial charge in [-0.1, -0.05) is 0 Å². The largest absolute Gasteiger partial charge is 0.481 e. The molecule has 1 aliphatic rings. The van der Waals surface area contributed by atoms with E-state index >= 15 is 0 Å². The van der Waals surface area contributed by atoms with Gasteiger partial charge < -0.3 is 5.11 Å². The minimum absolute atomic E-state index is 0. The highest BCUT2D eigenvalue weighted by Gasteiger charge is 2.35. The molecule has 1 atom stereocenters. The number of sulfonamides is 1. The Bertz CT molecular complexity index is 579. The molecule has 0 radical (unpaired) electrons. The number of hydrogen-bond acceptors (Lipinski definition) is 4. The number of aromatic amines is 1. The summed E-state index contributed by atoms with van der Waals surface area (Å²) in [6.45, 7) is 3.65. The van der Waals surface area contributed by atoms with Crippen LogP contribution in [0.1, 0.15) is 24.2 Å². The number of H-pyrrole nitrogens is 1. The Labute approximate surface area is 123 Å². The third kappa shape index (κ3) is 2.97. The smallest absolute Gasteiger partial charge is 0.307 e. The fourth-order valence-electron chi connectivity index (χ4n) is 2.41. The predicted molar refractivity (Wildman–Crippen MR) is 74.4 cm³/mol. The summed E-state index contributed by atoms with van der Waals surface area (Å²) in [7, 11) is -3.67. The number of aliphatic carboxylic acids is 1. The second kappa shape index (κ2) is 6.11. The number of halogens is 1. The maximum Gasteiger partial charge on any atom is 0.307 e. The molecule has 1 aromatic rings. The molecule has 20 heavy (non-hydrogen) atoms. The average molecular weight is 324 g/mol. The molecule has 114 valence electrons. The van der Waals surface area contributed by atoms with Crippen molar-refractivity contribution < 1.29 is 18.3 Å². The van der Waals surface area contributed by atoms with Crippen molar-refractivity contribution in [2.75, 3.05) is 13.1 Å². The summed E-state index contributed by atoms with van der Waals surface area (Å²) in [5, 5.41) is 15.5. The number of carboxylic acids is 1. The molecule has 7 nitrogen and oxygen atoms in total. The number of aromatic nitrogens is 2. The minimum Gasteiger partial charge on any atom is -0.481 e. The van der Waals surface area contributed by atoms with Gasteiger partial charge in [0.05, 0.1) is 17.3 Å². The normalized spacial score (nSPS) is 20.4. The van der Waals surface area contributed by atoms with Crippen LogP contribution in [0.5, 0.6) is 0 Å². The van der Waals surface area contributed by atoms with Gasteiger partial charge in [-0.15, -0.1) is 12.4 Å². The zero-order valence-corrected chi connectivity index (χ0v) is 12.9. The fraction of sp³-hybridized carbons (Fsp3) is 0.636. The molecular weight excluding hydrogens is 306 g/mol. The molecule has 9 heteroatoms. The Kier molecular flexibility index (Phi) is 5.17. The summed E-state index contributed by atoms with van der Waals surface area (Å²) in [5.41, 5.74) is 0.893. The maximum absolute atomic E-state index is 12.5. The molecule has 2 N–H and O–H groups in total. The van der Waals surface area contributed by atoms with Crippen LogP contribution in [-0.2, 0) is 14.8 Å². The number of rotatable bonds is 3. The number of hydrogen-bond donors (Lipinski definition) is 2. The number of piperidine rings is 1. The van der Waals surface area contributed by atoms with Gasteiger partial charge in [0.15, 0.2) is 0 Å². The highest BCUT2D eigenvalue weighted by atomic mass is 35.5. The van der Waals surface area contributed by atoms with Crippen LogP contribution in [0, 0.1) is 19.8 Å². The quantitative estimate of drug-likeness (QED) is 0.861. The first-order valence-electron chi connectivity index (χ1n) is 6.08. The molecule has 1 aliphatic heterocycles. The van der Waals surface area contributed by atoms with Crippen LogP contribution in [-0.4, -0.2) is 47.1 Å². The molecule has 2 heterocycles. The molecule has 0 amide bonds. The lowest BCUT2D eigenvalue weighted by molar-refractivity contribution is -0.142.